The molecular weight excluding hydrogens is 192 g/mol. The second kappa shape index (κ2) is 4.82. The van der Waals surface area contributed by atoms with Crippen LogP contribution in [0.3, 0.4) is 0 Å². The van der Waals surface area contributed by atoms with Crippen molar-refractivity contribution in [1.29, 1.82) is 0 Å². The monoisotopic (exact) mass is 208 g/mol. The number of benzene rings is 1. The molecule has 0 aromatic heterocycles. The summed E-state index contributed by atoms with van der Waals surface area (Å²) in [5.41, 5.74) is 2.22. The van der Waals surface area contributed by atoms with Crippen LogP contribution in [-0.2, 0) is 9.53 Å². The minimum Gasteiger partial charge on any atom is -0.507 e. The quantitative estimate of drug-likeness (QED) is 0.771. The van der Waals surface area contributed by atoms with E-state index in [4.69, 9.17) is 5.11 Å². The van der Waals surface area contributed by atoms with Gasteiger partial charge in [-0.25, -0.2) is 0 Å². The zero-order valence-electron chi connectivity index (χ0n) is 9.28. The zero-order valence-corrected chi connectivity index (χ0v) is 9.28. The summed E-state index contributed by atoms with van der Waals surface area (Å²) in [7, 11) is 0. The lowest BCUT2D eigenvalue weighted by atomic mass is 9.93. The van der Waals surface area contributed by atoms with Gasteiger partial charge in [-0.3, -0.25) is 4.79 Å². The van der Waals surface area contributed by atoms with E-state index in [-0.39, 0.29) is 11.9 Å². The highest BCUT2D eigenvalue weighted by molar-refractivity contribution is 5.83. The van der Waals surface area contributed by atoms with E-state index in [0.717, 1.165) is 5.56 Å². The van der Waals surface area contributed by atoms with Gasteiger partial charge in [0.05, 0.1) is 12.5 Å². The number of esters is 1. The van der Waals surface area contributed by atoms with Gasteiger partial charge in [0.15, 0.2) is 0 Å². The van der Waals surface area contributed by atoms with E-state index >= 15 is 0 Å². The van der Waals surface area contributed by atoms with Crippen molar-refractivity contribution in [2.45, 2.75) is 20.8 Å². The van der Waals surface area contributed by atoms with Crippen LogP contribution in [0, 0.1) is 5.92 Å². The highest BCUT2D eigenvalue weighted by Crippen LogP contribution is 2.41. The molecule has 0 aromatic carbocycles. The molecule has 0 unspecified atom stereocenters. The lowest BCUT2D eigenvalue weighted by molar-refractivity contribution is -0.146. The summed E-state index contributed by atoms with van der Waals surface area (Å²) < 4.78 is 4.66. The lowest BCUT2D eigenvalue weighted by Crippen LogP contribution is -2.10. The molecular formula is C12H16O3. The molecule has 2 rings (SSSR count). The Bertz CT molecular complexity index is 356. The van der Waals surface area contributed by atoms with E-state index in [2.05, 4.69) is 4.74 Å². The summed E-state index contributed by atoms with van der Waals surface area (Å²) in [6, 6.07) is 5.65. The Kier molecular flexibility index (Phi) is 3.72. The van der Waals surface area contributed by atoms with Gasteiger partial charge in [-0.05, 0) is 18.6 Å². The summed E-state index contributed by atoms with van der Waals surface area (Å²) in [4.78, 5) is 10.5. The molecule has 15 heavy (non-hydrogen) atoms. The molecule has 0 amide bonds. The van der Waals surface area contributed by atoms with Crippen molar-refractivity contribution >= 4 is 5.97 Å². The Hall–Kier alpha value is -1.51. The largest absolute Gasteiger partial charge is 0.507 e. The molecule has 0 saturated carbocycles. The summed E-state index contributed by atoms with van der Waals surface area (Å²) in [5, 5.41) is 8.69. The molecule has 82 valence electrons. The van der Waals surface area contributed by atoms with Crippen molar-refractivity contribution in [3.05, 3.63) is 18.2 Å². The third-order valence-corrected chi connectivity index (χ3v) is 2.07. The van der Waals surface area contributed by atoms with Gasteiger partial charge in [0.25, 0.3) is 0 Å². The predicted octanol–water partition coefficient (Wildman–Crippen LogP) is 2.58. The van der Waals surface area contributed by atoms with Crippen LogP contribution in [0.25, 0.3) is 11.1 Å². The van der Waals surface area contributed by atoms with Crippen molar-refractivity contribution in [3.63, 3.8) is 0 Å². The van der Waals surface area contributed by atoms with Gasteiger partial charge < -0.3 is 9.84 Å². The number of fused-ring (bicyclic) bond motifs is 1. The molecule has 0 spiro atoms. The van der Waals surface area contributed by atoms with Crippen LogP contribution in [0.15, 0.2) is 18.2 Å². The highest BCUT2D eigenvalue weighted by Gasteiger charge is 2.14. The topological polar surface area (TPSA) is 46.5 Å². The number of hydrogen-bond acceptors (Lipinski definition) is 3. The smallest absolute Gasteiger partial charge is 0.308 e. The second-order valence-electron chi connectivity index (χ2n) is 3.64. The molecule has 3 heteroatoms. The van der Waals surface area contributed by atoms with E-state index < -0.39 is 0 Å². The van der Waals surface area contributed by atoms with Gasteiger partial charge in [-0.1, -0.05) is 26.0 Å². The molecule has 0 radical (unpaired) electrons. The van der Waals surface area contributed by atoms with E-state index in [1.165, 1.54) is 5.56 Å². The van der Waals surface area contributed by atoms with Crippen molar-refractivity contribution < 1.29 is 14.6 Å². The maximum absolute atomic E-state index is 10.5. The van der Waals surface area contributed by atoms with E-state index in [0.29, 0.717) is 12.4 Å². The minimum absolute atomic E-state index is 0.00921. The lowest BCUT2D eigenvalue weighted by Gasteiger charge is -2.14. The molecule has 2 aliphatic rings. The van der Waals surface area contributed by atoms with Crippen molar-refractivity contribution in [1.82, 2.24) is 0 Å². The fourth-order valence-electron chi connectivity index (χ4n) is 1.08. The molecule has 2 aliphatic carbocycles. The number of carbonyl (C=O) groups is 1. The number of hydrogen-bond donors (Lipinski definition) is 1. The van der Waals surface area contributed by atoms with Crippen molar-refractivity contribution in [2.24, 2.45) is 5.92 Å². The van der Waals surface area contributed by atoms with Crippen LogP contribution >= 0.6 is 0 Å². The SMILES string of the molecule is CCOC(=O)C(C)C.Oc1cc2ccc1-2. The Morgan fingerprint density at radius 1 is 1.47 bits per heavy atom. The van der Waals surface area contributed by atoms with Crippen LogP contribution < -0.4 is 0 Å². The zero-order chi connectivity index (χ0) is 11.4. The Morgan fingerprint density at radius 2 is 2.13 bits per heavy atom. The molecule has 0 aliphatic heterocycles. The number of ether oxygens (including phenoxy) is 1. The van der Waals surface area contributed by atoms with Crippen LogP contribution in [-0.4, -0.2) is 17.7 Å². The Morgan fingerprint density at radius 3 is 2.20 bits per heavy atom. The molecule has 3 nitrogen and oxygen atoms in total. The average molecular weight is 208 g/mol. The number of carbonyl (C=O) groups excluding carboxylic acids is 1. The molecule has 0 bridgehead atoms. The summed E-state index contributed by atoms with van der Waals surface area (Å²) in [6.45, 7) is 5.92. The standard InChI is InChI=1S/C6H12O2.C6H4O/c1-4-8-6(7)5(2)3;7-6-3-4-1-2-5(4)6/h5H,4H2,1-3H3;1-3,7H. The molecule has 0 fully saturated rings. The van der Waals surface area contributed by atoms with Crippen LogP contribution in [0.5, 0.6) is 5.75 Å². The van der Waals surface area contributed by atoms with Gasteiger partial charge in [0.1, 0.15) is 5.75 Å². The molecule has 0 aromatic rings. The van der Waals surface area contributed by atoms with Gasteiger partial charge in [0.2, 0.25) is 0 Å². The normalized spacial score (nSPS) is 10.4. The number of phenolic OH excluding ortho intramolecular Hbond substituents is 1. The fourth-order valence-corrected chi connectivity index (χ4v) is 1.08. The Balaban J connectivity index is 0.000000150. The average Bonchev–Trinajstić information content (AvgIpc) is 2.15. The first-order chi connectivity index (χ1) is 7.06. The maximum atomic E-state index is 10.5. The summed E-state index contributed by atoms with van der Waals surface area (Å²) >= 11 is 0. The third kappa shape index (κ3) is 2.72. The van der Waals surface area contributed by atoms with Gasteiger partial charge in [0, 0.05) is 5.56 Å². The van der Waals surface area contributed by atoms with Crippen molar-refractivity contribution in [2.75, 3.05) is 6.61 Å². The molecule has 1 N–H and O–H groups in total. The second-order valence-corrected chi connectivity index (χ2v) is 3.64. The number of phenols is 1. The predicted molar refractivity (Wildman–Crippen MR) is 58.6 cm³/mol. The minimum atomic E-state index is -0.118. The fraction of sp³-hybridized carbons (Fsp3) is 0.417. The Labute approximate surface area is 89.7 Å². The molecule has 0 saturated heterocycles. The first-order valence-electron chi connectivity index (χ1n) is 5.06. The summed E-state index contributed by atoms with van der Waals surface area (Å²) in [6.07, 6.45) is 0. The van der Waals surface area contributed by atoms with Crippen LogP contribution in [0.4, 0.5) is 0 Å². The first kappa shape index (κ1) is 11.6. The summed E-state index contributed by atoms with van der Waals surface area (Å²) in [5.74, 6) is 0.333. The van der Waals surface area contributed by atoms with Crippen LogP contribution in [0.2, 0.25) is 0 Å². The first-order valence-corrected chi connectivity index (χ1v) is 5.06. The van der Waals surface area contributed by atoms with Gasteiger partial charge in [-0.15, -0.1) is 0 Å². The third-order valence-electron chi connectivity index (χ3n) is 2.07. The highest BCUT2D eigenvalue weighted by atomic mass is 16.5. The number of rotatable bonds is 2. The van der Waals surface area contributed by atoms with Gasteiger partial charge in [-0.2, -0.15) is 0 Å². The van der Waals surface area contributed by atoms with E-state index in [1.807, 2.05) is 26.0 Å². The maximum Gasteiger partial charge on any atom is 0.308 e. The number of aromatic hydroxyl groups is 1. The van der Waals surface area contributed by atoms with E-state index in [9.17, 15) is 4.79 Å². The van der Waals surface area contributed by atoms with Gasteiger partial charge >= 0.3 is 5.97 Å². The molecule has 0 heterocycles. The van der Waals surface area contributed by atoms with Crippen molar-refractivity contribution in [3.8, 4) is 16.9 Å². The molecule has 0 atom stereocenters. The van der Waals surface area contributed by atoms with Crippen LogP contribution in [0.1, 0.15) is 20.8 Å². The van der Waals surface area contributed by atoms with E-state index in [1.54, 1.807) is 13.0 Å².